The second-order valence-corrected chi connectivity index (χ2v) is 3.00. The van der Waals surface area contributed by atoms with Crippen molar-refractivity contribution in [2.24, 2.45) is 0 Å². The van der Waals surface area contributed by atoms with Crippen molar-refractivity contribution in [1.82, 2.24) is 10.2 Å². The molecule has 0 unspecified atom stereocenters. The number of hydrogen-bond acceptors (Lipinski definition) is 1. The van der Waals surface area contributed by atoms with Gasteiger partial charge in [0.15, 0.2) is 0 Å². The van der Waals surface area contributed by atoms with Crippen LogP contribution in [0.15, 0.2) is 6.20 Å². The van der Waals surface area contributed by atoms with E-state index in [0.29, 0.717) is 11.8 Å². The first-order valence-electron chi connectivity index (χ1n) is 3.21. The van der Waals surface area contributed by atoms with E-state index in [1.54, 1.807) is 0 Å². The van der Waals surface area contributed by atoms with Gasteiger partial charge in [0.05, 0.1) is 6.20 Å². The monoisotopic (exact) mass is 242 g/mol. The summed E-state index contributed by atoms with van der Waals surface area (Å²) in [7, 11) is 0. The van der Waals surface area contributed by atoms with Crippen LogP contribution in [0.4, 0.5) is 13.2 Å². The number of rotatable bonds is 2. The molecule has 0 amide bonds. The van der Waals surface area contributed by atoms with E-state index < -0.39 is 11.9 Å². The second-order valence-electron chi connectivity index (χ2n) is 2.21. The first kappa shape index (κ1) is 9.57. The Morgan fingerprint density at radius 2 is 2.17 bits per heavy atom. The van der Waals surface area contributed by atoms with Crippen molar-refractivity contribution in [3.63, 3.8) is 0 Å². The van der Waals surface area contributed by atoms with Crippen LogP contribution < -0.4 is 0 Å². The predicted octanol–water partition coefficient (Wildman–Crippen LogP) is 2.37. The molecule has 0 saturated heterocycles. The van der Waals surface area contributed by atoms with Gasteiger partial charge in [-0.2, -0.15) is 18.3 Å². The third-order valence-corrected chi connectivity index (χ3v) is 1.76. The minimum atomic E-state index is -4.33. The van der Waals surface area contributed by atoms with Gasteiger partial charge in [-0.05, 0) is 6.42 Å². The molecule has 0 bridgehead atoms. The number of H-pyrrole nitrogens is 1. The summed E-state index contributed by atoms with van der Waals surface area (Å²) in [5, 5.41) is 5.77. The van der Waals surface area contributed by atoms with Gasteiger partial charge in [-0.1, -0.05) is 15.9 Å². The summed E-state index contributed by atoms with van der Waals surface area (Å²) >= 11 is 3.06. The lowest BCUT2D eigenvalue weighted by Crippen LogP contribution is -2.09. The molecule has 0 spiro atoms. The number of hydrogen-bond donors (Lipinski definition) is 1. The molecule has 0 aromatic carbocycles. The quantitative estimate of drug-likeness (QED) is 0.793. The van der Waals surface area contributed by atoms with Gasteiger partial charge in [0, 0.05) is 10.9 Å². The Morgan fingerprint density at radius 1 is 1.50 bits per heavy atom. The van der Waals surface area contributed by atoms with Gasteiger partial charge in [0.25, 0.3) is 0 Å². The van der Waals surface area contributed by atoms with Crippen LogP contribution >= 0.6 is 15.9 Å². The zero-order valence-corrected chi connectivity index (χ0v) is 7.54. The highest BCUT2D eigenvalue weighted by Crippen LogP contribution is 2.30. The van der Waals surface area contributed by atoms with E-state index in [9.17, 15) is 13.2 Å². The second kappa shape index (κ2) is 3.47. The minimum Gasteiger partial charge on any atom is -0.273 e. The summed E-state index contributed by atoms with van der Waals surface area (Å²) in [6.07, 6.45) is -2.80. The molecule has 2 nitrogen and oxygen atoms in total. The molecule has 1 aromatic rings. The molecule has 0 saturated carbocycles. The average molecular weight is 243 g/mol. The van der Waals surface area contributed by atoms with Crippen LogP contribution in [0.1, 0.15) is 11.3 Å². The maximum Gasteiger partial charge on any atom is 0.433 e. The van der Waals surface area contributed by atoms with Gasteiger partial charge >= 0.3 is 6.18 Å². The molecular formula is C6H6BrF3N2. The molecule has 0 radical (unpaired) electrons. The van der Waals surface area contributed by atoms with Crippen LogP contribution in [-0.4, -0.2) is 15.5 Å². The summed E-state index contributed by atoms with van der Waals surface area (Å²) in [4.78, 5) is 0. The largest absolute Gasteiger partial charge is 0.433 e. The lowest BCUT2D eigenvalue weighted by atomic mass is 10.2. The van der Waals surface area contributed by atoms with Crippen molar-refractivity contribution in [2.75, 3.05) is 5.33 Å². The topological polar surface area (TPSA) is 28.7 Å². The lowest BCUT2D eigenvalue weighted by molar-refractivity contribution is -0.141. The molecule has 1 aromatic heterocycles. The summed E-state index contributed by atoms with van der Waals surface area (Å²) < 4.78 is 36.4. The highest BCUT2D eigenvalue weighted by Gasteiger charge is 2.34. The maximum atomic E-state index is 12.1. The zero-order chi connectivity index (χ0) is 9.19. The average Bonchev–Trinajstić information content (AvgIpc) is 2.34. The van der Waals surface area contributed by atoms with Crippen LogP contribution in [0.25, 0.3) is 0 Å². The Labute approximate surface area is 75.3 Å². The fraction of sp³-hybridized carbons (Fsp3) is 0.500. The Kier molecular flexibility index (Phi) is 2.76. The van der Waals surface area contributed by atoms with Crippen molar-refractivity contribution >= 4 is 15.9 Å². The fourth-order valence-corrected chi connectivity index (χ4v) is 1.28. The fourth-order valence-electron chi connectivity index (χ4n) is 0.848. The molecule has 6 heteroatoms. The Morgan fingerprint density at radius 3 is 2.67 bits per heavy atom. The van der Waals surface area contributed by atoms with Crippen LogP contribution in [-0.2, 0) is 12.6 Å². The lowest BCUT2D eigenvalue weighted by Gasteiger charge is -2.04. The molecule has 1 rings (SSSR count). The van der Waals surface area contributed by atoms with Gasteiger partial charge in [0.2, 0.25) is 0 Å². The molecule has 0 atom stereocenters. The Bertz CT molecular complexity index is 256. The summed E-state index contributed by atoms with van der Waals surface area (Å²) in [6, 6.07) is 0. The molecule has 0 aliphatic rings. The molecule has 1 heterocycles. The van der Waals surface area contributed by atoms with Gasteiger partial charge in [-0.25, -0.2) is 0 Å². The highest BCUT2D eigenvalue weighted by atomic mass is 79.9. The third kappa shape index (κ3) is 2.00. The normalized spacial score (nSPS) is 12.0. The number of aromatic amines is 1. The zero-order valence-electron chi connectivity index (χ0n) is 5.95. The van der Waals surface area contributed by atoms with Gasteiger partial charge < -0.3 is 0 Å². The number of aromatic nitrogens is 2. The predicted molar refractivity (Wildman–Crippen MR) is 41.1 cm³/mol. The first-order valence-corrected chi connectivity index (χ1v) is 4.33. The Balaban J connectivity index is 2.91. The van der Waals surface area contributed by atoms with Crippen molar-refractivity contribution in [2.45, 2.75) is 12.6 Å². The van der Waals surface area contributed by atoms with Crippen molar-refractivity contribution in [3.8, 4) is 0 Å². The van der Waals surface area contributed by atoms with E-state index >= 15 is 0 Å². The van der Waals surface area contributed by atoms with Gasteiger partial charge in [0.1, 0.15) is 5.69 Å². The third-order valence-electron chi connectivity index (χ3n) is 1.37. The molecule has 0 aliphatic carbocycles. The van der Waals surface area contributed by atoms with E-state index in [-0.39, 0.29) is 5.56 Å². The molecule has 68 valence electrons. The molecule has 1 N–H and O–H groups in total. The van der Waals surface area contributed by atoms with Crippen molar-refractivity contribution < 1.29 is 13.2 Å². The van der Waals surface area contributed by atoms with E-state index in [2.05, 4.69) is 21.0 Å². The summed E-state index contributed by atoms with van der Waals surface area (Å²) in [5.74, 6) is 0. The molecular weight excluding hydrogens is 237 g/mol. The number of alkyl halides is 4. The Hall–Kier alpha value is -0.520. The highest BCUT2D eigenvalue weighted by molar-refractivity contribution is 9.09. The smallest absolute Gasteiger partial charge is 0.273 e. The number of halogens is 4. The van der Waals surface area contributed by atoms with E-state index in [0.717, 1.165) is 0 Å². The molecule has 0 aliphatic heterocycles. The standard InChI is InChI=1S/C6H6BrF3N2/c7-2-1-4-3-11-12-5(4)6(8,9)10/h3H,1-2H2,(H,11,12). The van der Waals surface area contributed by atoms with Gasteiger partial charge in [-0.3, -0.25) is 5.10 Å². The van der Waals surface area contributed by atoms with Crippen LogP contribution in [0, 0.1) is 0 Å². The number of nitrogens with zero attached hydrogens (tertiary/aromatic N) is 1. The van der Waals surface area contributed by atoms with E-state index in [1.165, 1.54) is 6.20 Å². The van der Waals surface area contributed by atoms with E-state index in [4.69, 9.17) is 0 Å². The van der Waals surface area contributed by atoms with Crippen LogP contribution in [0.3, 0.4) is 0 Å². The van der Waals surface area contributed by atoms with Crippen LogP contribution in [0.2, 0.25) is 0 Å². The number of nitrogens with one attached hydrogen (secondary N) is 1. The molecule has 12 heavy (non-hydrogen) atoms. The number of aryl methyl sites for hydroxylation is 1. The van der Waals surface area contributed by atoms with Crippen LogP contribution in [0.5, 0.6) is 0 Å². The SMILES string of the molecule is FC(F)(F)c1[nH]ncc1CCBr. The molecule has 0 fully saturated rings. The van der Waals surface area contributed by atoms with Crippen molar-refractivity contribution in [1.29, 1.82) is 0 Å². The van der Waals surface area contributed by atoms with Crippen molar-refractivity contribution in [3.05, 3.63) is 17.5 Å². The van der Waals surface area contributed by atoms with E-state index in [1.807, 2.05) is 5.10 Å². The maximum absolute atomic E-state index is 12.1. The first-order chi connectivity index (χ1) is 5.55. The minimum absolute atomic E-state index is 0.194. The summed E-state index contributed by atoms with van der Waals surface area (Å²) in [5.41, 5.74) is -0.554. The van der Waals surface area contributed by atoms with Gasteiger partial charge in [-0.15, -0.1) is 0 Å². The summed E-state index contributed by atoms with van der Waals surface area (Å²) in [6.45, 7) is 0.